The second-order valence-corrected chi connectivity index (χ2v) is 6.87. The van der Waals surface area contributed by atoms with Crippen LogP contribution in [0.5, 0.6) is 0 Å². The van der Waals surface area contributed by atoms with Crippen LogP contribution >= 0.6 is 0 Å². The van der Waals surface area contributed by atoms with Crippen LogP contribution in [0.1, 0.15) is 19.8 Å². The molecule has 0 radical (unpaired) electrons. The van der Waals surface area contributed by atoms with Crippen molar-refractivity contribution in [1.82, 2.24) is 14.6 Å². The standard InChI is InChI=1S/C13H22N4O2S/c1-11(10-17-7-3-4-8-17)16-20(18,19)12-5-6-13(14-2)15-9-12/h5-6,9,11,16H,3-4,7-8,10H2,1-2H3,(H,14,15). The average Bonchev–Trinajstić information content (AvgIpc) is 2.91. The van der Waals surface area contributed by atoms with Crippen molar-refractivity contribution in [2.45, 2.75) is 30.7 Å². The first-order valence-corrected chi connectivity index (χ1v) is 8.38. The summed E-state index contributed by atoms with van der Waals surface area (Å²) in [5.41, 5.74) is 0. The Balaban J connectivity index is 1.98. The maximum atomic E-state index is 12.2. The molecule has 2 N–H and O–H groups in total. The number of anilines is 1. The Hall–Kier alpha value is -1.18. The van der Waals surface area contributed by atoms with E-state index >= 15 is 0 Å². The Labute approximate surface area is 120 Å². The largest absolute Gasteiger partial charge is 0.373 e. The zero-order valence-corrected chi connectivity index (χ0v) is 12.8. The molecule has 1 unspecified atom stereocenters. The van der Waals surface area contributed by atoms with E-state index in [-0.39, 0.29) is 10.9 Å². The number of nitrogens with one attached hydrogen (secondary N) is 2. The SMILES string of the molecule is CNc1ccc(S(=O)(=O)NC(C)CN2CCCC2)cn1. The fraction of sp³-hybridized carbons (Fsp3) is 0.615. The summed E-state index contributed by atoms with van der Waals surface area (Å²) in [6.45, 7) is 4.77. The van der Waals surface area contributed by atoms with Gasteiger partial charge < -0.3 is 10.2 Å². The highest BCUT2D eigenvalue weighted by Crippen LogP contribution is 2.12. The molecule has 2 heterocycles. The lowest BCUT2D eigenvalue weighted by molar-refractivity contribution is 0.313. The second kappa shape index (κ2) is 6.51. The normalized spacial score (nSPS) is 18.1. The molecule has 0 bridgehead atoms. The Morgan fingerprint density at radius 3 is 2.60 bits per heavy atom. The number of aromatic nitrogens is 1. The van der Waals surface area contributed by atoms with Gasteiger partial charge in [-0.2, -0.15) is 0 Å². The van der Waals surface area contributed by atoms with E-state index in [2.05, 4.69) is 19.9 Å². The van der Waals surface area contributed by atoms with Crippen LogP contribution in [-0.2, 0) is 10.0 Å². The number of hydrogen-bond donors (Lipinski definition) is 2. The Morgan fingerprint density at radius 2 is 2.05 bits per heavy atom. The molecule has 0 spiro atoms. The van der Waals surface area contributed by atoms with Gasteiger partial charge in [-0.3, -0.25) is 0 Å². The lowest BCUT2D eigenvalue weighted by Crippen LogP contribution is -2.41. The van der Waals surface area contributed by atoms with Crippen LogP contribution < -0.4 is 10.0 Å². The van der Waals surface area contributed by atoms with Crippen molar-refractivity contribution in [2.24, 2.45) is 0 Å². The molecule has 1 aliphatic heterocycles. The highest BCUT2D eigenvalue weighted by molar-refractivity contribution is 7.89. The van der Waals surface area contributed by atoms with E-state index in [1.807, 2.05) is 6.92 Å². The molecule has 6 nitrogen and oxygen atoms in total. The van der Waals surface area contributed by atoms with Gasteiger partial charge in [0.2, 0.25) is 10.0 Å². The molecule has 112 valence electrons. The number of pyridine rings is 1. The van der Waals surface area contributed by atoms with Gasteiger partial charge in [0, 0.05) is 25.8 Å². The molecule has 2 rings (SSSR count). The summed E-state index contributed by atoms with van der Waals surface area (Å²) in [5, 5.41) is 2.86. The van der Waals surface area contributed by atoms with Gasteiger partial charge in [-0.05, 0) is 45.0 Å². The fourth-order valence-corrected chi connectivity index (χ4v) is 3.59. The highest BCUT2D eigenvalue weighted by atomic mass is 32.2. The monoisotopic (exact) mass is 298 g/mol. The maximum Gasteiger partial charge on any atom is 0.242 e. The summed E-state index contributed by atoms with van der Waals surface area (Å²) in [7, 11) is -1.75. The Morgan fingerprint density at radius 1 is 1.35 bits per heavy atom. The molecular weight excluding hydrogens is 276 g/mol. The van der Waals surface area contributed by atoms with Crippen LogP contribution in [0.3, 0.4) is 0 Å². The molecular formula is C13H22N4O2S. The third-order valence-electron chi connectivity index (χ3n) is 3.39. The zero-order chi connectivity index (χ0) is 14.6. The van der Waals surface area contributed by atoms with Gasteiger partial charge >= 0.3 is 0 Å². The van der Waals surface area contributed by atoms with E-state index in [1.54, 1.807) is 19.2 Å². The minimum Gasteiger partial charge on any atom is -0.373 e. The van der Waals surface area contributed by atoms with Gasteiger partial charge in [0.05, 0.1) is 0 Å². The van der Waals surface area contributed by atoms with E-state index in [1.165, 1.54) is 19.0 Å². The number of likely N-dealkylation sites (tertiary alicyclic amines) is 1. The first kappa shape index (κ1) is 15.2. The number of nitrogens with zero attached hydrogens (tertiary/aromatic N) is 2. The molecule has 1 fully saturated rings. The van der Waals surface area contributed by atoms with Gasteiger partial charge in [0.25, 0.3) is 0 Å². The van der Waals surface area contributed by atoms with E-state index in [0.29, 0.717) is 5.82 Å². The molecule has 1 aromatic rings. The summed E-state index contributed by atoms with van der Waals surface area (Å²) < 4.78 is 27.2. The summed E-state index contributed by atoms with van der Waals surface area (Å²) in [5.74, 6) is 0.647. The zero-order valence-electron chi connectivity index (χ0n) is 12.0. The summed E-state index contributed by atoms with van der Waals surface area (Å²) in [4.78, 5) is 6.52. The van der Waals surface area contributed by atoms with Crippen molar-refractivity contribution in [3.63, 3.8) is 0 Å². The third-order valence-corrected chi connectivity index (χ3v) is 4.96. The van der Waals surface area contributed by atoms with Crippen molar-refractivity contribution < 1.29 is 8.42 Å². The number of hydrogen-bond acceptors (Lipinski definition) is 5. The number of rotatable bonds is 6. The van der Waals surface area contributed by atoms with Crippen LogP contribution in [0.4, 0.5) is 5.82 Å². The summed E-state index contributed by atoms with van der Waals surface area (Å²) in [6.07, 6.45) is 3.78. The molecule has 1 saturated heterocycles. The molecule has 7 heteroatoms. The van der Waals surface area contributed by atoms with Crippen molar-refractivity contribution >= 4 is 15.8 Å². The second-order valence-electron chi connectivity index (χ2n) is 5.16. The molecule has 0 aliphatic carbocycles. The van der Waals surface area contributed by atoms with Crippen molar-refractivity contribution in [3.8, 4) is 0 Å². The Kier molecular flexibility index (Phi) is 4.95. The van der Waals surface area contributed by atoms with Crippen LogP contribution in [0.25, 0.3) is 0 Å². The van der Waals surface area contributed by atoms with Crippen molar-refractivity contribution in [2.75, 3.05) is 32.0 Å². The average molecular weight is 298 g/mol. The van der Waals surface area contributed by atoms with Gasteiger partial charge in [-0.25, -0.2) is 18.1 Å². The van der Waals surface area contributed by atoms with Crippen LogP contribution in [0.15, 0.2) is 23.2 Å². The van der Waals surface area contributed by atoms with Crippen LogP contribution in [0, 0.1) is 0 Å². The van der Waals surface area contributed by atoms with Gasteiger partial charge in [0.1, 0.15) is 10.7 Å². The van der Waals surface area contributed by atoms with Crippen molar-refractivity contribution in [1.29, 1.82) is 0 Å². The molecule has 0 aromatic carbocycles. The Bertz CT molecular complexity index is 524. The van der Waals surface area contributed by atoms with Gasteiger partial charge in [-0.1, -0.05) is 0 Å². The van der Waals surface area contributed by atoms with E-state index < -0.39 is 10.0 Å². The first-order chi connectivity index (χ1) is 9.51. The quantitative estimate of drug-likeness (QED) is 0.816. The lowest BCUT2D eigenvalue weighted by Gasteiger charge is -2.21. The predicted molar refractivity (Wildman–Crippen MR) is 79.2 cm³/mol. The molecule has 1 aliphatic rings. The van der Waals surface area contributed by atoms with Crippen LogP contribution in [-0.4, -0.2) is 51.0 Å². The maximum absolute atomic E-state index is 12.2. The molecule has 1 aromatic heterocycles. The highest BCUT2D eigenvalue weighted by Gasteiger charge is 2.20. The van der Waals surface area contributed by atoms with Gasteiger partial charge in [-0.15, -0.1) is 0 Å². The lowest BCUT2D eigenvalue weighted by atomic mass is 10.3. The van der Waals surface area contributed by atoms with E-state index in [4.69, 9.17) is 0 Å². The number of sulfonamides is 1. The fourth-order valence-electron chi connectivity index (χ4n) is 2.41. The first-order valence-electron chi connectivity index (χ1n) is 6.90. The smallest absolute Gasteiger partial charge is 0.242 e. The van der Waals surface area contributed by atoms with Gasteiger partial charge in [0.15, 0.2) is 0 Å². The third kappa shape index (κ3) is 3.91. The molecule has 1 atom stereocenters. The van der Waals surface area contributed by atoms with E-state index in [0.717, 1.165) is 19.6 Å². The topological polar surface area (TPSA) is 74.3 Å². The van der Waals surface area contributed by atoms with Crippen LogP contribution in [0.2, 0.25) is 0 Å². The molecule has 0 amide bonds. The minimum atomic E-state index is -3.49. The van der Waals surface area contributed by atoms with Crippen molar-refractivity contribution in [3.05, 3.63) is 18.3 Å². The molecule has 0 saturated carbocycles. The predicted octanol–water partition coefficient (Wildman–Crippen LogP) is 0.886. The molecule has 20 heavy (non-hydrogen) atoms. The summed E-state index contributed by atoms with van der Waals surface area (Å²) in [6, 6.07) is 3.10. The van der Waals surface area contributed by atoms with E-state index in [9.17, 15) is 8.42 Å². The summed E-state index contributed by atoms with van der Waals surface area (Å²) >= 11 is 0. The minimum absolute atomic E-state index is 0.109.